The van der Waals surface area contributed by atoms with Gasteiger partial charge < -0.3 is 24.2 Å². The maximum absolute atomic E-state index is 13.4. The van der Waals surface area contributed by atoms with Gasteiger partial charge in [0.25, 0.3) is 0 Å². The summed E-state index contributed by atoms with van der Waals surface area (Å²) < 4.78 is 27.1. The Bertz CT molecular complexity index is 1130. The van der Waals surface area contributed by atoms with Gasteiger partial charge in [0.15, 0.2) is 10.0 Å². The summed E-state index contributed by atoms with van der Waals surface area (Å²) in [6, 6.07) is 5.37. The van der Waals surface area contributed by atoms with E-state index >= 15 is 0 Å². The zero-order valence-corrected chi connectivity index (χ0v) is 25.7. The molecule has 0 aliphatic carbocycles. The molecule has 1 aromatic heterocycles. The third-order valence-electron chi connectivity index (χ3n) is 5.41. The highest BCUT2D eigenvalue weighted by Crippen LogP contribution is 2.37. The predicted molar refractivity (Wildman–Crippen MR) is 157 cm³/mol. The lowest BCUT2D eigenvalue weighted by molar-refractivity contribution is 0.0497. The summed E-state index contributed by atoms with van der Waals surface area (Å²) in [6.07, 6.45) is 2.14. The van der Waals surface area contributed by atoms with Crippen molar-refractivity contribution in [1.29, 1.82) is 0 Å². The summed E-state index contributed by atoms with van der Waals surface area (Å²) >= 11 is -0.0215. The third-order valence-corrected chi connectivity index (χ3v) is 8.04. The van der Waals surface area contributed by atoms with Crippen molar-refractivity contribution >= 4 is 45.7 Å². The quantitative estimate of drug-likeness (QED) is 0.358. The van der Waals surface area contributed by atoms with Gasteiger partial charge in [-0.15, -0.1) is 4.72 Å². The molecule has 1 saturated heterocycles. The fourth-order valence-corrected chi connectivity index (χ4v) is 6.23. The highest BCUT2D eigenvalue weighted by molar-refractivity contribution is 7.89. The van der Waals surface area contributed by atoms with Crippen LogP contribution in [0.5, 0.6) is 0 Å². The van der Waals surface area contributed by atoms with E-state index in [1.807, 2.05) is 47.6 Å². The van der Waals surface area contributed by atoms with Crippen molar-refractivity contribution in [2.45, 2.75) is 96.4 Å². The summed E-state index contributed by atoms with van der Waals surface area (Å²) in [5.41, 5.74) is 0.350. The van der Waals surface area contributed by atoms with E-state index in [-0.39, 0.29) is 12.1 Å². The molecule has 12 heteroatoms. The van der Waals surface area contributed by atoms with Crippen LogP contribution in [0, 0.1) is 0 Å². The molecule has 1 fully saturated rings. The summed E-state index contributed by atoms with van der Waals surface area (Å²) in [6.45, 7) is 16.4. The summed E-state index contributed by atoms with van der Waals surface area (Å²) in [7, 11) is 0. The molecule has 0 bridgehead atoms. The van der Waals surface area contributed by atoms with Gasteiger partial charge in [-0.25, -0.2) is 14.6 Å². The second-order valence-corrected chi connectivity index (χ2v) is 14.0. The number of hydrogen-bond acceptors (Lipinski definition) is 9. The highest BCUT2D eigenvalue weighted by atomic mass is 32.2. The molecular formula is C27H41N5O5S2. The molecule has 3 N–H and O–H groups in total. The highest BCUT2D eigenvalue weighted by Gasteiger charge is 2.28. The van der Waals surface area contributed by atoms with Gasteiger partial charge in [0, 0.05) is 37.1 Å². The SMILES string of the molecule is CC(C)OC(=O)Nc1ccc(-c2cnc(N3CCC(NC(=O)OC(C)(C)C)CC3)s2)c([S+]([O-])NC(C)(C)C)c1. The lowest BCUT2D eigenvalue weighted by Crippen LogP contribution is -2.46. The van der Waals surface area contributed by atoms with Crippen molar-refractivity contribution < 1.29 is 23.6 Å². The number of rotatable bonds is 7. The monoisotopic (exact) mass is 579 g/mol. The first-order valence-electron chi connectivity index (χ1n) is 13.1. The minimum atomic E-state index is -1.54. The van der Waals surface area contributed by atoms with Crippen LogP contribution in [0.3, 0.4) is 0 Å². The standard InChI is InChI=1S/C27H41N5O5S2/c1-17(2)36-24(33)30-19-9-10-20(22(15-19)39(35)31-26(3,4)5)21-16-28-23(38-21)32-13-11-18(12-14-32)29-25(34)37-27(6,7)8/h9-10,15-18,31H,11-14H2,1-8H3,(H,29,34)(H,30,33). The molecule has 0 spiro atoms. The minimum absolute atomic E-state index is 0.0514. The Morgan fingerprint density at radius 1 is 1.13 bits per heavy atom. The molecule has 3 rings (SSSR count). The molecule has 1 unspecified atom stereocenters. The number of benzene rings is 1. The van der Waals surface area contributed by atoms with Crippen molar-refractivity contribution in [3.05, 3.63) is 24.4 Å². The smallest absolute Gasteiger partial charge is 0.411 e. The second-order valence-electron chi connectivity index (χ2n) is 11.8. The van der Waals surface area contributed by atoms with Crippen LogP contribution in [0.25, 0.3) is 10.4 Å². The van der Waals surface area contributed by atoms with Crippen molar-refractivity contribution in [2.75, 3.05) is 23.3 Å². The number of piperidine rings is 1. The van der Waals surface area contributed by atoms with Crippen molar-refractivity contribution in [1.82, 2.24) is 15.0 Å². The largest absolute Gasteiger partial charge is 0.593 e. The van der Waals surface area contributed by atoms with Crippen LogP contribution < -0.4 is 20.3 Å². The lowest BCUT2D eigenvalue weighted by Gasteiger charge is -2.32. The Morgan fingerprint density at radius 2 is 1.79 bits per heavy atom. The Hall–Kier alpha value is -2.54. The normalized spacial score (nSPS) is 15.7. The molecule has 1 aliphatic rings. The molecule has 2 amide bonds. The van der Waals surface area contributed by atoms with Crippen LogP contribution in [-0.4, -0.2) is 58.1 Å². The molecule has 216 valence electrons. The summed E-state index contributed by atoms with van der Waals surface area (Å²) in [4.78, 5) is 32.5. The van der Waals surface area contributed by atoms with Crippen LogP contribution in [0.1, 0.15) is 68.2 Å². The molecule has 1 atom stereocenters. The van der Waals surface area contributed by atoms with Crippen molar-refractivity contribution in [3.63, 3.8) is 0 Å². The third kappa shape index (κ3) is 9.86. The van der Waals surface area contributed by atoms with E-state index in [4.69, 9.17) is 9.47 Å². The van der Waals surface area contributed by atoms with Crippen molar-refractivity contribution in [2.24, 2.45) is 0 Å². The van der Waals surface area contributed by atoms with Crippen LogP contribution in [-0.2, 0) is 20.8 Å². The number of carbonyl (C=O) groups excluding carboxylic acids is 2. The molecule has 0 saturated carbocycles. The number of nitrogens with one attached hydrogen (secondary N) is 3. The fourth-order valence-electron chi connectivity index (χ4n) is 3.88. The topological polar surface area (TPSA) is 128 Å². The molecule has 2 aromatic rings. The van der Waals surface area contributed by atoms with Gasteiger partial charge in [0.2, 0.25) is 0 Å². The number of nitrogens with zero attached hydrogens (tertiary/aromatic N) is 2. The lowest BCUT2D eigenvalue weighted by atomic mass is 10.1. The molecule has 2 heterocycles. The first-order valence-corrected chi connectivity index (χ1v) is 15.1. The van der Waals surface area contributed by atoms with E-state index in [2.05, 4.69) is 25.2 Å². The average Bonchev–Trinajstić information content (AvgIpc) is 3.26. The van der Waals surface area contributed by atoms with Crippen LogP contribution in [0.15, 0.2) is 29.3 Å². The Kier molecular flexibility index (Phi) is 10.1. The van der Waals surface area contributed by atoms with Gasteiger partial charge in [0.1, 0.15) is 5.60 Å². The maximum Gasteiger partial charge on any atom is 0.411 e. The number of alkyl carbamates (subject to hydrolysis) is 1. The van der Waals surface area contributed by atoms with Crippen LogP contribution >= 0.6 is 11.3 Å². The van der Waals surface area contributed by atoms with Gasteiger partial charge in [-0.2, -0.15) is 0 Å². The number of carbonyl (C=O) groups is 2. The molecule has 1 aliphatic heterocycles. The first kappa shape index (κ1) is 31.0. The number of hydrogen-bond donors (Lipinski definition) is 3. The fraction of sp³-hybridized carbons (Fsp3) is 0.593. The van der Waals surface area contributed by atoms with E-state index in [1.54, 1.807) is 32.2 Å². The zero-order chi connectivity index (χ0) is 29.0. The summed E-state index contributed by atoms with van der Waals surface area (Å²) in [5.74, 6) is 0. The van der Waals surface area contributed by atoms with Crippen LogP contribution in [0.4, 0.5) is 20.4 Å². The minimum Gasteiger partial charge on any atom is -0.593 e. The van der Waals surface area contributed by atoms with E-state index in [9.17, 15) is 14.1 Å². The number of ether oxygens (including phenoxy) is 2. The van der Waals surface area contributed by atoms with Crippen LogP contribution in [0.2, 0.25) is 0 Å². The number of anilines is 2. The van der Waals surface area contributed by atoms with E-state index in [0.29, 0.717) is 10.6 Å². The number of thiazole rings is 1. The second kappa shape index (κ2) is 12.8. The molecule has 39 heavy (non-hydrogen) atoms. The van der Waals surface area contributed by atoms with E-state index < -0.39 is 34.7 Å². The van der Waals surface area contributed by atoms with Gasteiger partial charge in [-0.05, 0) is 80.4 Å². The van der Waals surface area contributed by atoms with E-state index in [1.165, 1.54) is 11.3 Å². The summed E-state index contributed by atoms with van der Waals surface area (Å²) in [5, 5.41) is 6.54. The molecular weight excluding hydrogens is 538 g/mol. The van der Waals surface area contributed by atoms with Crippen molar-refractivity contribution in [3.8, 4) is 10.4 Å². The Morgan fingerprint density at radius 3 is 2.38 bits per heavy atom. The molecule has 10 nitrogen and oxygen atoms in total. The number of aromatic nitrogens is 1. The Balaban J connectivity index is 1.75. The average molecular weight is 580 g/mol. The number of amides is 2. The van der Waals surface area contributed by atoms with Gasteiger partial charge in [-0.1, -0.05) is 11.3 Å². The Labute approximate surface area is 238 Å². The van der Waals surface area contributed by atoms with Gasteiger partial charge in [-0.3, -0.25) is 5.32 Å². The first-order chi connectivity index (χ1) is 18.1. The predicted octanol–water partition coefficient (Wildman–Crippen LogP) is 5.67. The van der Waals surface area contributed by atoms with Gasteiger partial charge in [0.05, 0.1) is 33.4 Å². The molecule has 0 radical (unpaired) electrons. The van der Waals surface area contributed by atoms with Gasteiger partial charge >= 0.3 is 12.2 Å². The molecule has 1 aromatic carbocycles. The van der Waals surface area contributed by atoms with E-state index in [0.717, 1.165) is 41.5 Å². The zero-order valence-electron chi connectivity index (χ0n) is 24.0. The maximum atomic E-state index is 13.4.